The highest BCUT2D eigenvalue weighted by molar-refractivity contribution is 7.89. The molecule has 1 fully saturated rings. The van der Waals surface area contributed by atoms with Gasteiger partial charge in [-0.3, -0.25) is 4.79 Å². The van der Waals surface area contributed by atoms with Crippen molar-refractivity contribution >= 4 is 39.1 Å². The number of carbonyl (C=O) groups excluding carboxylic acids is 1. The average molecular weight is 460 g/mol. The van der Waals surface area contributed by atoms with E-state index in [-0.39, 0.29) is 52.9 Å². The van der Waals surface area contributed by atoms with Crippen molar-refractivity contribution < 1.29 is 22.7 Å². The van der Waals surface area contributed by atoms with Crippen LogP contribution in [0.15, 0.2) is 35.2 Å². The van der Waals surface area contributed by atoms with E-state index >= 15 is 0 Å². The maximum atomic E-state index is 13.0. The van der Waals surface area contributed by atoms with E-state index in [4.69, 9.17) is 32.7 Å². The average Bonchev–Trinajstić information content (AvgIpc) is 2.74. The van der Waals surface area contributed by atoms with Gasteiger partial charge in [0.25, 0.3) is 5.91 Å². The van der Waals surface area contributed by atoms with Crippen LogP contribution in [0, 0.1) is 0 Å². The molecule has 0 saturated carbocycles. The molecule has 1 amide bonds. The largest absolute Gasteiger partial charge is 0.493 e. The van der Waals surface area contributed by atoms with Gasteiger partial charge in [0, 0.05) is 32.2 Å². The van der Waals surface area contributed by atoms with Crippen molar-refractivity contribution in [3.8, 4) is 11.5 Å². The van der Waals surface area contributed by atoms with E-state index in [0.717, 1.165) is 0 Å². The monoisotopic (exact) mass is 459 g/mol. The molecule has 0 bridgehead atoms. The van der Waals surface area contributed by atoms with Gasteiger partial charge in [-0.25, -0.2) is 13.4 Å². The molecule has 8 nitrogen and oxygen atoms in total. The number of halogens is 2. The number of methoxy groups -OCH3 is 2. The molecule has 0 radical (unpaired) electrons. The number of sulfonamides is 1. The fourth-order valence-electron chi connectivity index (χ4n) is 2.98. The second kappa shape index (κ2) is 8.74. The van der Waals surface area contributed by atoms with Crippen LogP contribution in [0.2, 0.25) is 10.2 Å². The Morgan fingerprint density at radius 1 is 1.00 bits per heavy atom. The van der Waals surface area contributed by atoms with Gasteiger partial charge in [0.05, 0.1) is 24.1 Å². The van der Waals surface area contributed by atoms with Gasteiger partial charge in [-0.2, -0.15) is 4.31 Å². The Labute approximate surface area is 179 Å². The maximum Gasteiger partial charge on any atom is 0.274 e. The van der Waals surface area contributed by atoms with Gasteiger partial charge in [0.15, 0.2) is 11.5 Å². The summed E-state index contributed by atoms with van der Waals surface area (Å²) in [4.78, 5) is 18.3. The molecule has 1 aliphatic rings. The fourth-order valence-corrected chi connectivity index (χ4v) is 4.75. The second-order valence-electron chi connectivity index (χ2n) is 6.18. The van der Waals surface area contributed by atoms with Gasteiger partial charge >= 0.3 is 0 Å². The summed E-state index contributed by atoms with van der Waals surface area (Å²) in [6.45, 7) is 0.687. The van der Waals surface area contributed by atoms with E-state index in [9.17, 15) is 13.2 Å². The number of pyridine rings is 1. The predicted octanol–water partition coefficient (Wildman–Crippen LogP) is 2.55. The zero-order chi connectivity index (χ0) is 21.2. The van der Waals surface area contributed by atoms with E-state index in [1.807, 2.05) is 0 Å². The maximum absolute atomic E-state index is 13.0. The van der Waals surface area contributed by atoms with Crippen LogP contribution in [0.1, 0.15) is 10.5 Å². The van der Waals surface area contributed by atoms with Gasteiger partial charge in [0.2, 0.25) is 10.0 Å². The van der Waals surface area contributed by atoms with Gasteiger partial charge in [-0.1, -0.05) is 23.2 Å². The molecule has 2 aromatic rings. The number of aromatic nitrogens is 1. The van der Waals surface area contributed by atoms with Crippen LogP contribution in [0.25, 0.3) is 0 Å². The molecule has 1 aromatic heterocycles. The van der Waals surface area contributed by atoms with Crippen LogP contribution < -0.4 is 9.47 Å². The Bertz CT molecular complexity index is 1020. The molecular formula is C18H19Cl2N3O5S. The van der Waals surface area contributed by atoms with Crippen molar-refractivity contribution in [2.24, 2.45) is 0 Å². The Hall–Kier alpha value is -2.07. The Morgan fingerprint density at radius 3 is 2.28 bits per heavy atom. The molecule has 0 N–H and O–H groups in total. The van der Waals surface area contributed by atoms with Crippen LogP contribution in [0.5, 0.6) is 11.5 Å². The first-order valence-corrected chi connectivity index (χ1v) is 10.8. The van der Waals surface area contributed by atoms with Gasteiger partial charge < -0.3 is 14.4 Å². The first-order valence-electron chi connectivity index (χ1n) is 8.61. The van der Waals surface area contributed by atoms with E-state index in [0.29, 0.717) is 11.5 Å². The van der Waals surface area contributed by atoms with E-state index in [1.165, 1.54) is 53.8 Å². The molecule has 156 valence electrons. The van der Waals surface area contributed by atoms with Crippen molar-refractivity contribution in [2.75, 3.05) is 40.4 Å². The number of hydrogen-bond donors (Lipinski definition) is 0. The highest BCUT2D eigenvalue weighted by Gasteiger charge is 2.32. The van der Waals surface area contributed by atoms with Crippen LogP contribution in [0.3, 0.4) is 0 Å². The van der Waals surface area contributed by atoms with E-state index in [2.05, 4.69) is 4.98 Å². The number of nitrogens with zero attached hydrogens (tertiary/aromatic N) is 3. The number of rotatable bonds is 5. The molecule has 1 aromatic carbocycles. The summed E-state index contributed by atoms with van der Waals surface area (Å²) in [7, 11) is -0.838. The topological polar surface area (TPSA) is 89.0 Å². The van der Waals surface area contributed by atoms with Crippen LogP contribution in [-0.2, 0) is 10.0 Å². The van der Waals surface area contributed by atoms with E-state index in [1.54, 1.807) is 0 Å². The minimum atomic E-state index is -3.75. The molecule has 29 heavy (non-hydrogen) atoms. The second-order valence-corrected chi connectivity index (χ2v) is 8.91. The summed E-state index contributed by atoms with van der Waals surface area (Å²) in [5.41, 5.74) is 0.0513. The summed E-state index contributed by atoms with van der Waals surface area (Å²) in [5, 5.41) is 0.354. The van der Waals surface area contributed by atoms with Gasteiger partial charge in [0.1, 0.15) is 10.8 Å². The van der Waals surface area contributed by atoms with Crippen LogP contribution >= 0.6 is 23.2 Å². The molecule has 0 aliphatic carbocycles. The molecule has 1 aliphatic heterocycles. The number of carbonyl (C=O) groups is 1. The summed E-state index contributed by atoms with van der Waals surface area (Å²) < 4.78 is 37.6. The van der Waals surface area contributed by atoms with E-state index < -0.39 is 10.0 Å². The Balaban J connectivity index is 1.74. The lowest BCUT2D eigenvalue weighted by Crippen LogP contribution is -2.50. The predicted molar refractivity (Wildman–Crippen MR) is 108 cm³/mol. The summed E-state index contributed by atoms with van der Waals surface area (Å²) in [6, 6.07) is 7.42. The summed E-state index contributed by atoms with van der Waals surface area (Å²) in [6.07, 6.45) is 0. The molecule has 1 saturated heterocycles. The van der Waals surface area contributed by atoms with Crippen molar-refractivity contribution in [1.29, 1.82) is 0 Å². The molecule has 2 heterocycles. The molecular weight excluding hydrogens is 441 g/mol. The first kappa shape index (κ1) is 21.6. The van der Waals surface area contributed by atoms with Crippen molar-refractivity contribution in [3.05, 3.63) is 46.2 Å². The summed E-state index contributed by atoms with van der Waals surface area (Å²) >= 11 is 11.9. The lowest BCUT2D eigenvalue weighted by molar-refractivity contribution is 0.0692. The third-order valence-electron chi connectivity index (χ3n) is 4.53. The Kier molecular flexibility index (Phi) is 6.52. The zero-order valence-electron chi connectivity index (χ0n) is 15.8. The minimum absolute atomic E-state index is 0.0513. The quantitative estimate of drug-likeness (QED) is 0.638. The highest BCUT2D eigenvalue weighted by Crippen LogP contribution is 2.31. The van der Waals surface area contributed by atoms with Crippen molar-refractivity contribution in [3.63, 3.8) is 0 Å². The number of amides is 1. The minimum Gasteiger partial charge on any atom is -0.493 e. The molecule has 11 heteroatoms. The molecule has 0 atom stereocenters. The third-order valence-corrected chi connectivity index (χ3v) is 6.94. The summed E-state index contributed by atoms with van der Waals surface area (Å²) in [5.74, 6) is 0.373. The smallest absolute Gasteiger partial charge is 0.274 e. The zero-order valence-corrected chi connectivity index (χ0v) is 18.1. The Morgan fingerprint density at radius 2 is 1.66 bits per heavy atom. The number of piperazine rings is 1. The number of hydrogen-bond acceptors (Lipinski definition) is 6. The first-order chi connectivity index (χ1) is 13.8. The van der Waals surface area contributed by atoms with Crippen LogP contribution in [-0.4, -0.2) is 68.9 Å². The molecule has 3 rings (SSSR count). The lowest BCUT2D eigenvalue weighted by atomic mass is 10.3. The van der Waals surface area contributed by atoms with Gasteiger partial charge in [-0.15, -0.1) is 0 Å². The number of ether oxygens (including phenoxy) is 2. The normalized spacial score (nSPS) is 15.2. The lowest BCUT2D eigenvalue weighted by Gasteiger charge is -2.34. The van der Waals surface area contributed by atoms with Crippen LogP contribution in [0.4, 0.5) is 0 Å². The fraction of sp³-hybridized carbons (Fsp3) is 0.333. The molecule has 0 unspecified atom stereocenters. The SMILES string of the molecule is COc1ccc(S(=O)(=O)N2CCN(C(=O)c3nc(Cl)ccc3Cl)CC2)cc1OC. The van der Waals surface area contributed by atoms with Crippen molar-refractivity contribution in [1.82, 2.24) is 14.2 Å². The van der Waals surface area contributed by atoms with Gasteiger partial charge in [-0.05, 0) is 24.3 Å². The number of benzene rings is 1. The standard InChI is InChI=1S/C18H19Cl2N3O5S/c1-27-14-5-3-12(11-15(14)28-2)29(25,26)23-9-7-22(8-10-23)18(24)17-13(19)4-6-16(20)21-17/h3-6,11H,7-10H2,1-2H3. The highest BCUT2D eigenvalue weighted by atomic mass is 35.5. The molecule has 0 spiro atoms. The third kappa shape index (κ3) is 4.42. The van der Waals surface area contributed by atoms with Crippen molar-refractivity contribution in [2.45, 2.75) is 4.90 Å².